The van der Waals surface area contributed by atoms with E-state index in [-0.39, 0.29) is 7.33 Å². The summed E-state index contributed by atoms with van der Waals surface area (Å²) in [5.41, 5.74) is 10.1. The van der Waals surface area contributed by atoms with Crippen molar-refractivity contribution in [1.29, 1.82) is 0 Å². The van der Waals surface area contributed by atoms with Gasteiger partial charge in [-0.2, -0.15) is 5.10 Å². The zero-order valence-electron chi connectivity index (χ0n) is 17.0. The molecule has 1 amide bonds. The molecule has 0 radical (unpaired) electrons. The van der Waals surface area contributed by atoms with Crippen LogP contribution in [0.4, 0.5) is 5.13 Å². The Morgan fingerprint density at radius 2 is 2.03 bits per heavy atom. The van der Waals surface area contributed by atoms with E-state index in [1.165, 1.54) is 11.3 Å². The number of thiazole rings is 1. The maximum absolute atomic E-state index is 13.2. The number of carbonyl (C=O) groups is 1. The minimum atomic E-state index is -0.454. The molecule has 2 aromatic heterocycles. The zero-order chi connectivity index (χ0) is 21.2. The molecule has 2 aromatic carbocycles. The molecule has 1 fully saturated rings. The highest BCUT2D eigenvalue weighted by molar-refractivity contribution is 7.22. The first-order valence-electron chi connectivity index (χ1n) is 10.3. The molecule has 31 heavy (non-hydrogen) atoms. The van der Waals surface area contributed by atoms with Gasteiger partial charge in [0.1, 0.15) is 11.4 Å². The number of hydrogen-bond donors (Lipinski definition) is 1. The average Bonchev–Trinajstić information content (AvgIpc) is 3.36. The van der Waals surface area contributed by atoms with Gasteiger partial charge in [0.15, 0.2) is 5.13 Å². The Balaban J connectivity index is 0.00000216. The van der Waals surface area contributed by atoms with E-state index in [9.17, 15) is 4.79 Å². The van der Waals surface area contributed by atoms with Crippen LogP contribution in [0.5, 0.6) is 5.75 Å². The van der Waals surface area contributed by atoms with Crippen molar-refractivity contribution >= 4 is 32.6 Å². The summed E-state index contributed by atoms with van der Waals surface area (Å²) in [7, 11) is 1.97. The summed E-state index contributed by atoms with van der Waals surface area (Å²) in [6.07, 6.45) is 3.37. The number of piperidine rings is 1. The smallest absolute Gasteiger partial charge is 0.253 e. The Bertz CT molecular complexity index is 1340. The molecule has 2 aliphatic rings. The first-order chi connectivity index (χ1) is 15.0. The molecule has 0 saturated carbocycles. The average molecular weight is 434 g/mol. The number of likely N-dealkylation sites (tertiary alicyclic amines) is 1. The Morgan fingerprint density at radius 3 is 2.87 bits per heavy atom. The molecule has 158 valence electrons. The lowest BCUT2D eigenvalue weighted by Gasteiger charge is -2.44. The fraction of sp³-hybridized carbons (Fsp3) is 0.261. The van der Waals surface area contributed by atoms with Gasteiger partial charge < -0.3 is 15.4 Å². The van der Waals surface area contributed by atoms with Crippen molar-refractivity contribution in [2.75, 3.05) is 18.8 Å². The SMILES string of the molecule is Cn1ncc2c1-c1ccccc1OC21CCN(C(=O)c2ccc3nc(N)sc3c2)CC1.[HH]. The molecule has 0 unspecified atom stereocenters. The molecule has 2 aliphatic heterocycles. The van der Waals surface area contributed by atoms with Crippen LogP contribution in [0.3, 0.4) is 0 Å². The van der Waals surface area contributed by atoms with Crippen molar-refractivity contribution in [1.82, 2.24) is 19.7 Å². The topological polar surface area (TPSA) is 86.3 Å². The number of aryl methyl sites for hydroxylation is 1. The molecule has 4 aromatic rings. The Morgan fingerprint density at radius 1 is 1.23 bits per heavy atom. The summed E-state index contributed by atoms with van der Waals surface area (Å²) >= 11 is 1.40. The van der Waals surface area contributed by atoms with E-state index in [0.29, 0.717) is 23.8 Å². The van der Waals surface area contributed by atoms with E-state index in [1.54, 1.807) is 0 Å². The fourth-order valence-corrected chi connectivity index (χ4v) is 5.58. The van der Waals surface area contributed by atoms with Crippen molar-refractivity contribution in [3.8, 4) is 17.0 Å². The first-order valence-corrected chi connectivity index (χ1v) is 11.1. The number of amides is 1. The molecule has 4 heterocycles. The predicted molar refractivity (Wildman–Crippen MR) is 122 cm³/mol. The number of nitrogen functional groups attached to an aromatic ring is 1. The Labute approximate surface area is 184 Å². The number of rotatable bonds is 1. The van der Waals surface area contributed by atoms with Crippen LogP contribution in [0.1, 0.15) is 30.2 Å². The van der Waals surface area contributed by atoms with E-state index in [4.69, 9.17) is 10.5 Å². The predicted octanol–water partition coefficient (Wildman–Crippen LogP) is 4.05. The minimum absolute atomic E-state index is 0. The van der Waals surface area contributed by atoms with Gasteiger partial charge >= 0.3 is 0 Å². The maximum Gasteiger partial charge on any atom is 0.253 e. The van der Waals surface area contributed by atoms with E-state index in [1.807, 2.05) is 59.2 Å². The summed E-state index contributed by atoms with van der Waals surface area (Å²) in [5, 5.41) is 5.04. The number of hydrogen-bond acceptors (Lipinski definition) is 6. The summed E-state index contributed by atoms with van der Waals surface area (Å²) in [4.78, 5) is 19.4. The third kappa shape index (κ3) is 2.75. The van der Waals surface area contributed by atoms with Crippen LogP contribution in [-0.4, -0.2) is 38.7 Å². The van der Waals surface area contributed by atoms with Crippen molar-refractivity contribution in [2.45, 2.75) is 18.4 Å². The van der Waals surface area contributed by atoms with E-state index in [2.05, 4.69) is 16.1 Å². The summed E-state index contributed by atoms with van der Waals surface area (Å²) in [6, 6.07) is 13.7. The molecule has 0 bridgehead atoms. The molecule has 6 rings (SSSR count). The van der Waals surface area contributed by atoms with Gasteiger partial charge in [0, 0.05) is 51.1 Å². The lowest BCUT2D eigenvalue weighted by molar-refractivity contribution is -0.00171. The van der Waals surface area contributed by atoms with Crippen LogP contribution < -0.4 is 10.5 Å². The van der Waals surface area contributed by atoms with Crippen LogP contribution in [0.15, 0.2) is 48.7 Å². The highest BCUT2D eigenvalue weighted by atomic mass is 32.1. The van der Waals surface area contributed by atoms with Gasteiger partial charge in [-0.25, -0.2) is 4.98 Å². The highest BCUT2D eigenvalue weighted by Gasteiger charge is 2.45. The summed E-state index contributed by atoms with van der Waals surface area (Å²) in [6.45, 7) is 1.25. The van der Waals surface area contributed by atoms with Gasteiger partial charge in [-0.15, -0.1) is 0 Å². The second-order valence-electron chi connectivity index (χ2n) is 8.15. The normalized spacial score (nSPS) is 16.7. The van der Waals surface area contributed by atoms with Gasteiger partial charge in [0.25, 0.3) is 5.91 Å². The molecular formula is C23H23N5O2S. The molecule has 0 aliphatic carbocycles. The third-order valence-corrected chi connectivity index (χ3v) is 7.23. The highest BCUT2D eigenvalue weighted by Crippen LogP contribution is 2.49. The summed E-state index contributed by atoms with van der Waals surface area (Å²) < 4.78 is 9.44. The number of nitrogens with two attached hydrogens (primary N) is 1. The number of carbonyl (C=O) groups excluding carboxylic acids is 1. The quantitative estimate of drug-likeness (QED) is 0.489. The van der Waals surface area contributed by atoms with E-state index >= 15 is 0 Å². The number of benzene rings is 2. The zero-order valence-corrected chi connectivity index (χ0v) is 17.9. The van der Waals surface area contributed by atoms with Crippen LogP contribution in [0, 0.1) is 0 Å². The van der Waals surface area contributed by atoms with Crippen LogP contribution in [0.2, 0.25) is 0 Å². The summed E-state index contributed by atoms with van der Waals surface area (Å²) in [5.74, 6) is 0.915. The van der Waals surface area contributed by atoms with Crippen LogP contribution in [-0.2, 0) is 12.6 Å². The maximum atomic E-state index is 13.2. The number of fused-ring (bicyclic) bond motifs is 5. The van der Waals surface area contributed by atoms with Crippen molar-refractivity contribution in [3.05, 3.63) is 59.8 Å². The number of para-hydroxylation sites is 1. The molecule has 7 nitrogen and oxygen atoms in total. The number of nitrogens with zero attached hydrogens (tertiary/aromatic N) is 4. The van der Waals surface area contributed by atoms with Crippen LogP contribution in [0.25, 0.3) is 21.5 Å². The number of aromatic nitrogens is 3. The van der Waals surface area contributed by atoms with Gasteiger partial charge in [0.2, 0.25) is 0 Å². The van der Waals surface area contributed by atoms with E-state index < -0.39 is 5.60 Å². The van der Waals surface area contributed by atoms with E-state index in [0.717, 1.165) is 45.6 Å². The Hall–Kier alpha value is -3.39. The number of anilines is 1. The number of ether oxygens (including phenoxy) is 1. The fourth-order valence-electron chi connectivity index (χ4n) is 4.81. The van der Waals surface area contributed by atoms with Gasteiger partial charge in [0.05, 0.1) is 22.1 Å². The van der Waals surface area contributed by atoms with Gasteiger partial charge in [-0.3, -0.25) is 9.48 Å². The molecular weight excluding hydrogens is 410 g/mol. The van der Waals surface area contributed by atoms with Crippen molar-refractivity contribution in [3.63, 3.8) is 0 Å². The standard InChI is InChI=1S/C23H21N5O2S.H2/c1-27-20-15-4-2-3-5-18(15)30-23(16(20)13-25-27)8-10-28(11-9-23)21(29)14-6-7-17-19(12-14)31-22(24)26-17;/h2-7,12-13H,8-11H2,1H3,(H2,24,26);1H. The monoisotopic (exact) mass is 433 g/mol. The molecule has 8 heteroatoms. The van der Waals surface area contributed by atoms with Crippen molar-refractivity contribution in [2.24, 2.45) is 7.05 Å². The molecule has 1 spiro atoms. The Kier molecular flexibility index (Phi) is 3.89. The first kappa shape index (κ1) is 18.4. The second kappa shape index (κ2) is 6.55. The lowest BCUT2D eigenvalue weighted by atomic mass is 9.81. The van der Waals surface area contributed by atoms with Crippen LogP contribution >= 0.6 is 11.3 Å². The van der Waals surface area contributed by atoms with Gasteiger partial charge in [-0.1, -0.05) is 23.5 Å². The molecule has 0 atom stereocenters. The molecule has 1 saturated heterocycles. The minimum Gasteiger partial charge on any atom is -0.482 e. The lowest BCUT2D eigenvalue weighted by Crippen LogP contribution is -2.49. The largest absolute Gasteiger partial charge is 0.482 e. The second-order valence-corrected chi connectivity index (χ2v) is 9.21. The van der Waals surface area contributed by atoms with Crippen molar-refractivity contribution < 1.29 is 11.0 Å². The third-order valence-electron chi connectivity index (χ3n) is 6.39. The molecule has 2 N–H and O–H groups in total. The van der Waals surface area contributed by atoms with Gasteiger partial charge in [-0.05, 0) is 30.3 Å².